The number of halogens is 3. The molecule has 1 aromatic heterocycles. The first-order chi connectivity index (χ1) is 9.68. The number of fused-ring (bicyclic) bond motifs is 1. The van der Waals surface area contributed by atoms with Crippen molar-refractivity contribution in [2.45, 2.75) is 25.5 Å². The highest BCUT2D eigenvalue weighted by Gasteiger charge is 2.25. The largest absolute Gasteiger partial charge is 0.591 e. The molecule has 2 aromatic rings. The fourth-order valence-electron chi connectivity index (χ4n) is 1.51. The van der Waals surface area contributed by atoms with Crippen LogP contribution in [0.5, 0.6) is 0 Å². The summed E-state index contributed by atoms with van der Waals surface area (Å²) in [5, 5.41) is 0.806. The van der Waals surface area contributed by atoms with Crippen molar-refractivity contribution in [1.82, 2.24) is 4.98 Å². The summed E-state index contributed by atoms with van der Waals surface area (Å²) in [5.41, 5.74) is 0.903. The van der Waals surface area contributed by atoms with Crippen LogP contribution >= 0.6 is 23.2 Å². The molecule has 0 N–H and O–H groups in total. The smallest absolute Gasteiger partial charge is 0.144 e. The zero-order valence-corrected chi connectivity index (χ0v) is 14.0. The van der Waals surface area contributed by atoms with Gasteiger partial charge in [0, 0.05) is 17.0 Å². The first kappa shape index (κ1) is 16.5. The maximum atomic E-state index is 13.4. The average molecular weight is 347 g/mol. The molecule has 0 amide bonds. The van der Waals surface area contributed by atoms with E-state index in [2.05, 4.69) is 9.38 Å². The van der Waals surface area contributed by atoms with Crippen LogP contribution in [-0.4, -0.2) is 20.5 Å². The molecule has 0 spiro atoms. The lowest BCUT2D eigenvalue weighted by molar-refractivity contribution is 0.562. The van der Waals surface area contributed by atoms with Crippen molar-refractivity contribution >= 4 is 51.7 Å². The van der Waals surface area contributed by atoms with E-state index in [1.165, 1.54) is 18.3 Å². The van der Waals surface area contributed by atoms with Crippen molar-refractivity contribution < 1.29 is 8.94 Å². The van der Waals surface area contributed by atoms with Gasteiger partial charge in [-0.2, -0.15) is 0 Å². The van der Waals surface area contributed by atoms with Crippen molar-refractivity contribution in [3.8, 4) is 0 Å². The van der Waals surface area contributed by atoms with Gasteiger partial charge in [-0.15, -0.1) is 0 Å². The normalized spacial score (nSPS) is 14.0. The van der Waals surface area contributed by atoms with Gasteiger partial charge >= 0.3 is 0 Å². The molecule has 1 aromatic carbocycles. The van der Waals surface area contributed by atoms with Gasteiger partial charge < -0.3 is 4.55 Å². The Bertz CT molecular complexity index is 716. The maximum Gasteiger partial charge on any atom is 0.144 e. The standard InChI is InChI=1S/C14H13Cl2FN2OS/c1-14(2,3)21(20)18-7-9-4-8-5-10(15)11(17)6-12(8)19-13(9)16/h4-7H,1-3H3. The molecule has 0 aliphatic heterocycles. The lowest BCUT2D eigenvalue weighted by atomic mass is 10.1. The van der Waals surface area contributed by atoms with E-state index in [0.717, 1.165) is 0 Å². The number of rotatable bonds is 2. The van der Waals surface area contributed by atoms with Crippen molar-refractivity contribution in [2.75, 3.05) is 0 Å². The molecular formula is C14H13Cl2FN2OS. The summed E-state index contributed by atoms with van der Waals surface area (Å²) in [6.07, 6.45) is 1.41. The summed E-state index contributed by atoms with van der Waals surface area (Å²) in [5.74, 6) is -0.553. The van der Waals surface area contributed by atoms with E-state index in [0.29, 0.717) is 16.5 Å². The first-order valence-corrected chi connectivity index (χ1v) is 7.96. The molecule has 112 valence electrons. The van der Waals surface area contributed by atoms with Crippen LogP contribution in [0.3, 0.4) is 0 Å². The molecule has 0 saturated carbocycles. The van der Waals surface area contributed by atoms with Gasteiger partial charge in [-0.25, -0.2) is 9.37 Å². The third-order valence-electron chi connectivity index (χ3n) is 2.65. The number of pyridine rings is 1. The van der Waals surface area contributed by atoms with Gasteiger partial charge in [0.1, 0.15) is 27.1 Å². The molecule has 0 aliphatic rings. The Labute approximate surface area is 135 Å². The van der Waals surface area contributed by atoms with Crippen LogP contribution in [0.4, 0.5) is 4.39 Å². The number of benzene rings is 1. The zero-order chi connectivity index (χ0) is 15.8. The Hall–Kier alpha value is -0.880. The highest BCUT2D eigenvalue weighted by molar-refractivity contribution is 7.91. The summed E-state index contributed by atoms with van der Waals surface area (Å²) in [7, 11) is 0. The molecule has 1 heterocycles. The van der Waals surface area contributed by atoms with E-state index in [1.807, 2.05) is 20.8 Å². The zero-order valence-electron chi connectivity index (χ0n) is 11.7. The average Bonchev–Trinajstić information content (AvgIpc) is 2.37. The Morgan fingerprint density at radius 3 is 2.57 bits per heavy atom. The monoisotopic (exact) mass is 346 g/mol. The topological polar surface area (TPSA) is 48.3 Å². The molecule has 0 radical (unpaired) electrons. The van der Waals surface area contributed by atoms with Crippen LogP contribution in [0.25, 0.3) is 10.9 Å². The van der Waals surface area contributed by atoms with Gasteiger partial charge in [0.25, 0.3) is 0 Å². The van der Waals surface area contributed by atoms with E-state index in [-0.39, 0.29) is 10.2 Å². The van der Waals surface area contributed by atoms with Gasteiger partial charge in [0.2, 0.25) is 0 Å². The second-order valence-electron chi connectivity index (χ2n) is 5.42. The quantitative estimate of drug-likeness (QED) is 0.454. The van der Waals surface area contributed by atoms with Crippen molar-refractivity contribution in [3.63, 3.8) is 0 Å². The summed E-state index contributed by atoms with van der Waals surface area (Å²) < 4.78 is 28.8. The van der Waals surface area contributed by atoms with Crippen LogP contribution in [-0.2, 0) is 11.4 Å². The van der Waals surface area contributed by atoms with E-state index < -0.39 is 21.9 Å². The molecule has 1 atom stereocenters. The molecule has 0 bridgehead atoms. The third kappa shape index (κ3) is 3.86. The Morgan fingerprint density at radius 2 is 1.95 bits per heavy atom. The van der Waals surface area contributed by atoms with E-state index >= 15 is 0 Å². The Balaban J connectivity index is 2.43. The fraction of sp³-hybridized carbons (Fsp3) is 0.286. The Morgan fingerprint density at radius 1 is 1.29 bits per heavy atom. The summed E-state index contributed by atoms with van der Waals surface area (Å²) in [6.45, 7) is 5.47. The number of hydrogen-bond donors (Lipinski definition) is 0. The minimum Gasteiger partial charge on any atom is -0.591 e. The second-order valence-corrected chi connectivity index (χ2v) is 8.12. The van der Waals surface area contributed by atoms with Crippen LogP contribution in [0.15, 0.2) is 22.6 Å². The van der Waals surface area contributed by atoms with Crippen LogP contribution < -0.4 is 0 Å². The van der Waals surface area contributed by atoms with Crippen LogP contribution in [0.1, 0.15) is 26.3 Å². The highest BCUT2D eigenvalue weighted by atomic mass is 35.5. The third-order valence-corrected chi connectivity index (χ3v) is 4.59. The molecule has 7 heteroatoms. The Kier molecular flexibility index (Phi) is 4.78. The second kappa shape index (κ2) is 6.08. The van der Waals surface area contributed by atoms with E-state index in [4.69, 9.17) is 23.2 Å². The minimum absolute atomic E-state index is 0.00720. The predicted molar refractivity (Wildman–Crippen MR) is 87.2 cm³/mol. The lowest BCUT2D eigenvalue weighted by Gasteiger charge is -2.17. The lowest BCUT2D eigenvalue weighted by Crippen LogP contribution is -2.25. The minimum atomic E-state index is -1.39. The van der Waals surface area contributed by atoms with Crippen molar-refractivity contribution in [2.24, 2.45) is 4.40 Å². The summed E-state index contributed by atoms with van der Waals surface area (Å²) in [6, 6.07) is 4.37. The predicted octanol–water partition coefficient (Wildman–Crippen LogP) is 4.56. The molecule has 0 saturated heterocycles. The molecule has 0 aliphatic carbocycles. The van der Waals surface area contributed by atoms with E-state index in [1.54, 1.807) is 6.07 Å². The molecule has 3 nitrogen and oxygen atoms in total. The number of hydrogen-bond acceptors (Lipinski definition) is 3. The number of aromatic nitrogens is 1. The van der Waals surface area contributed by atoms with Gasteiger partial charge in [-0.05, 0) is 32.9 Å². The number of nitrogens with zero attached hydrogens (tertiary/aromatic N) is 2. The van der Waals surface area contributed by atoms with Gasteiger partial charge in [0.15, 0.2) is 0 Å². The van der Waals surface area contributed by atoms with Gasteiger partial charge in [-0.3, -0.25) is 0 Å². The molecule has 21 heavy (non-hydrogen) atoms. The van der Waals surface area contributed by atoms with Gasteiger partial charge in [0.05, 0.1) is 16.8 Å². The van der Waals surface area contributed by atoms with Crippen LogP contribution in [0.2, 0.25) is 10.2 Å². The summed E-state index contributed by atoms with van der Waals surface area (Å²) >= 11 is 10.4. The molecule has 0 fully saturated rings. The molecular weight excluding hydrogens is 334 g/mol. The van der Waals surface area contributed by atoms with Crippen molar-refractivity contribution in [1.29, 1.82) is 0 Å². The SMILES string of the molecule is CC(C)(C)[S+]([O-])N=Cc1cc2cc(Cl)c(F)cc2nc1Cl. The molecule has 2 rings (SSSR count). The van der Waals surface area contributed by atoms with Gasteiger partial charge in [-0.1, -0.05) is 27.6 Å². The van der Waals surface area contributed by atoms with Crippen LogP contribution in [0, 0.1) is 5.82 Å². The fourth-order valence-corrected chi connectivity index (χ4v) is 2.41. The maximum absolute atomic E-state index is 13.4. The highest BCUT2D eigenvalue weighted by Crippen LogP contribution is 2.25. The summed E-state index contributed by atoms with van der Waals surface area (Å²) in [4.78, 5) is 4.09. The van der Waals surface area contributed by atoms with Crippen molar-refractivity contribution in [3.05, 3.63) is 39.8 Å². The molecule has 1 unspecified atom stereocenters. The first-order valence-electron chi connectivity index (χ1n) is 6.10. The van der Waals surface area contributed by atoms with E-state index in [9.17, 15) is 8.94 Å².